The van der Waals surface area contributed by atoms with Gasteiger partial charge < -0.3 is 0 Å². The summed E-state index contributed by atoms with van der Waals surface area (Å²) in [6.45, 7) is 13.0. The Balaban J connectivity index is 3.45. The van der Waals surface area contributed by atoms with Crippen LogP contribution in [-0.4, -0.2) is 11.5 Å². The van der Waals surface area contributed by atoms with Gasteiger partial charge in [-0.2, -0.15) is 11.8 Å². The molecule has 0 saturated carbocycles. The molecular weight excluding hydrogens is 176 g/mol. The Kier molecular flexibility index (Phi) is 6.58. The van der Waals surface area contributed by atoms with E-state index in [1.165, 1.54) is 30.6 Å². The average molecular weight is 200 g/mol. The molecule has 0 aromatic heterocycles. The van der Waals surface area contributed by atoms with Gasteiger partial charge in [-0.1, -0.05) is 39.3 Å². The summed E-state index contributed by atoms with van der Waals surface area (Å²) >= 11 is 2.01. The van der Waals surface area contributed by atoms with Crippen LogP contribution in [0.3, 0.4) is 0 Å². The molecule has 0 aromatic rings. The molecule has 0 aliphatic carbocycles. The standard InChI is InChI=1S/C12H24S/c1-6-7-12(4,5)8-9-13-10-11(2)3/h2,6-10H2,1,3-5H3. The SMILES string of the molecule is C=C(C)CSCCC(C)(C)CCC. The molecule has 0 aliphatic rings. The zero-order valence-corrected chi connectivity index (χ0v) is 10.5. The van der Waals surface area contributed by atoms with Crippen LogP contribution in [0.4, 0.5) is 0 Å². The van der Waals surface area contributed by atoms with Gasteiger partial charge in [-0.15, -0.1) is 0 Å². The Morgan fingerprint density at radius 2 is 1.92 bits per heavy atom. The van der Waals surface area contributed by atoms with Crippen LogP contribution in [0, 0.1) is 5.41 Å². The molecule has 78 valence electrons. The fraction of sp³-hybridized carbons (Fsp3) is 0.833. The topological polar surface area (TPSA) is 0 Å². The van der Waals surface area contributed by atoms with Gasteiger partial charge in [0.05, 0.1) is 0 Å². The monoisotopic (exact) mass is 200 g/mol. The normalized spacial score (nSPS) is 11.7. The summed E-state index contributed by atoms with van der Waals surface area (Å²) in [6, 6.07) is 0. The predicted octanol–water partition coefficient (Wildman–Crippen LogP) is 4.51. The molecule has 0 unspecified atom stereocenters. The minimum Gasteiger partial charge on any atom is -0.158 e. The van der Waals surface area contributed by atoms with Crippen molar-refractivity contribution in [3.63, 3.8) is 0 Å². The molecule has 0 aromatic carbocycles. The average Bonchev–Trinajstić information content (AvgIpc) is 1.98. The first-order valence-corrected chi connectivity index (χ1v) is 6.35. The van der Waals surface area contributed by atoms with Gasteiger partial charge in [0.15, 0.2) is 0 Å². The van der Waals surface area contributed by atoms with Crippen LogP contribution >= 0.6 is 11.8 Å². The highest BCUT2D eigenvalue weighted by atomic mass is 32.2. The summed E-state index contributed by atoms with van der Waals surface area (Å²) in [7, 11) is 0. The molecule has 0 spiro atoms. The van der Waals surface area contributed by atoms with Gasteiger partial charge in [0.25, 0.3) is 0 Å². The third-order valence-electron chi connectivity index (χ3n) is 2.20. The van der Waals surface area contributed by atoms with Gasteiger partial charge in [0.1, 0.15) is 0 Å². The van der Waals surface area contributed by atoms with Gasteiger partial charge >= 0.3 is 0 Å². The van der Waals surface area contributed by atoms with Crippen molar-refractivity contribution in [1.29, 1.82) is 0 Å². The summed E-state index contributed by atoms with van der Waals surface area (Å²) in [5.74, 6) is 2.40. The second-order valence-electron chi connectivity index (χ2n) is 4.67. The summed E-state index contributed by atoms with van der Waals surface area (Å²) < 4.78 is 0. The first-order chi connectivity index (χ1) is 5.98. The van der Waals surface area contributed by atoms with Crippen LogP contribution in [0.2, 0.25) is 0 Å². The van der Waals surface area contributed by atoms with Crippen molar-refractivity contribution in [3.8, 4) is 0 Å². The minimum absolute atomic E-state index is 0.539. The van der Waals surface area contributed by atoms with Crippen LogP contribution in [0.5, 0.6) is 0 Å². The molecule has 1 heteroatoms. The molecule has 0 radical (unpaired) electrons. The summed E-state index contributed by atoms with van der Waals surface area (Å²) in [4.78, 5) is 0. The van der Waals surface area contributed by atoms with E-state index in [-0.39, 0.29) is 0 Å². The van der Waals surface area contributed by atoms with Crippen molar-refractivity contribution in [2.24, 2.45) is 5.41 Å². The van der Waals surface area contributed by atoms with E-state index in [1.54, 1.807) is 0 Å². The van der Waals surface area contributed by atoms with Crippen LogP contribution in [-0.2, 0) is 0 Å². The second kappa shape index (κ2) is 6.53. The Morgan fingerprint density at radius 1 is 1.31 bits per heavy atom. The molecule has 0 atom stereocenters. The summed E-state index contributed by atoms with van der Waals surface area (Å²) in [6.07, 6.45) is 3.98. The highest BCUT2D eigenvalue weighted by molar-refractivity contribution is 7.99. The highest BCUT2D eigenvalue weighted by Crippen LogP contribution is 2.28. The van der Waals surface area contributed by atoms with Crippen LogP contribution in [0.25, 0.3) is 0 Å². The smallest absolute Gasteiger partial charge is 0.0137 e. The molecular formula is C12H24S. The quantitative estimate of drug-likeness (QED) is 0.430. The Hall–Kier alpha value is 0.0900. The summed E-state index contributed by atoms with van der Waals surface area (Å²) in [5.41, 5.74) is 1.83. The lowest BCUT2D eigenvalue weighted by molar-refractivity contribution is 0.321. The van der Waals surface area contributed by atoms with Gasteiger partial charge in [-0.25, -0.2) is 0 Å². The first-order valence-electron chi connectivity index (χ1n) is 5.20. The largest absolute Gasteiger partial charge is 0.158 e. The van der Waals surface area contributed by atoms with Crippen molar-refractivity contribution in [3.05, 3.63) is 12.2 Å². The van der Waals surface area contributed by atoms with Gasteiger partial charge in [-0.05, 0) is 30.9 Å². The molecule has 0 fully saturated rings. The lowest BCUT2D eigenvalue weighted by Gasteiger charge is -2.23. The Morgan fingerprint density at radius 3 is 2.38 bits per heavy atom. The maximum Gasteiger partial charge on any atom is 0.0137 e. The van der Waals surface area contributed by atoms with Gasteiger partial charge in [0, 0.05) is 5.75 Å². The van der Waals surface area contributed by atoms with E-state index in [4.69, 9.17) is 0 Å². The zero-order chi connectivity index (χ0) is 10.3. The number of hydrogen-bond donors (Lipinski definition) is 0. The van der Waals surface area contributed by atoms with E-state index in [0.717, 1.165) is 5.75 Å². The number of hydrogen-bond acceptors (Lipinski definition) is 1. The van der Waals surface area contributed by atoms with Crippen molar-refractivity contribution in [2.45, 2.75) is 47.0 Å². The van der Waals surface area contributed by atoms with E-state index < -0.39 is 0 Å². The van der Waals surface area contributed by atoms with Gasteiger partial charge in [-0.3, -0.25) is 0 Å². The Bertz CT molecular complexity index is 147. The third kappa shape index (κ3) is 8.42. The van der Waals surface area contributed by atoms with Crippen molar-refractivity contribution >= 4 is 11.8 Å². The van der Waals surface area contributed by atoms with Crippen LogP contribution in [0.1, 0.15) is 47.0 Å². The number of thioether (sulfide) groups is 1. The van der Waals surface area contributed by atoms with Crippen LogP contribution in [0.15, 0.2) is 12.2 Å². The molecule has 0 N–H and O–H groups in total. The highest BCUT2D eigenvalue weighted by Gasteiger charge is 2.15. The molecule has 0 rings (SSSR count). The van der Waals surface area contributed by atoms with E-state index >= 15 is 0 Å². The predicted molar refractivity (Wildman–Crippen MR) is 65.4 cm³/mol. The second-order valence-corrected chi connectivity index (χ2v) is 5.78. The summed E-state index contributed by atoms with van der Waals surface area (Å²) in [5, 5.41) is 0. The van der Waals surface area contributed by atoms with E-state index in [2.05, 4.69) is 34.3 Å². The maximum absolute atomic E-state index is 3.90. The third-order valence-corrected chi connectivity index (χ3v) is 3.39. The molecule has 0 aliphatic heterocycles. The fourth-order valence-electron chi connectivity index (χ4n) is 1.40. The van der Waals surface area contributed by atoms with E-state index in [1.807, 2.05) is 11.8 Å². The maximum atomic E-state index is 3.90. The lowest BCUT2D eigenvalue weighted by atomic mass is 9.85. The first kappa shape index (κ1) is 13.1. The molecule has 0 saturated heterocycles. The Labute approximate surface area is 88.2 Å². The van der Waals surface area contributed by atoms with Crippen molar-refractivity contribution in [2.75, 3.05) is 11.5 Å². The fourth-order valence-corrected chi connectivity index (χ4v) is 2.59. The molecule has 0 bridgehead atoms. The van der Waals surface area contributed by atoms with Gasteiger partial charge in [0.2, 0.25) is 0 Å². The van der Waals surface area contributed by atoms with Crippen molar-refractivity contribution < 1.29 is 0 Å². The molecule has 0 heterocycles. The number of rotatable bonds is 7. The molecule has 0 amide bonds. The molecule has 0 nitrogen and oxygen atoms in total. The van der Waals surface area contributed by atoms with E-state index in [0.29, 0.717) is 5.41 Å². The van der Waals surface area contributed by atoms with E-state index in [9.17, 15) is 0 Å². The van der Waals surface area contributed by atoms with Crippen LogP contribution < -0.4 is 0 Å². The minimum atomic E-state index is 0.539. The zero-order valence-electron chi connectivity index (χ0n) is 9.65. The lowest BCUT2D eigenvalue weighted by Crippen LogP contribution is -2.11. The van der Waals surface area contributed by atoms with Crippen molar-refractivity contribution in [1.82, 2.24) is 0 Å². The molecule has 13 heavy (non-hydrogen) atoms.